The fourth-order valence-electron chi connectivity index (χ4n) is 1.83. The van der Waals surface area contributed by atoms with E-state index in [0.29, 0.717) is 11.7 Å². The molecule has 3 nitrogen and oxygen atoms in total. The summed E-state index contributed by atoms with van der Waals surface area (Å²) in [7, 11) is 0. The van der Waals surface area contributed by atoms with Gasteiger partial charge in [-0.1, -0.05) is 31.5 Å². The van der Waals surface area contributed by atoms with Gasteiger partial charge in [0.15, 0.2) is 0 Å². The molecule has 0 atom stereocenters. The molecular weight excluding hydrogens is 334 g/mol. The highest BCUT2D eigenvalue weighted by Crippen LogP contribution is 2.29. The standard InChI is InChI=1S/C15H18BrN3S/c1-9(2)14-13(16)15(17)19-12(18-14)8-20-11-6-4-5-10(3)7-11/h4-7,9H,8H2,1-3H3,(H2,17,18,19). The fourth-order valence-corrected chi connectivity index (χ4v) is 3.34. The number of aryl methyl sites for hydroxylation is 1. The largest absolute Gasteiger partial charge is 0.383 e. The molecule has 5 heteroatoms. The number of nitrogens with two attached hydrogens (primary N) is 1. The lowest BCUT2D eigenvalue weighted by Crippen LogP contribution is -2.06. The van der Waals surface area contributed by atoms with E-state index in [1.54, 1.807) is 11.8 Å². The Morgan fingerprint density at radius 3 is 2.70 bits per heavy atom. The predicted octanol–water partition coefficient (Wildman–Crippen LogP) is 4.55. The van der Waals surface area contributed by atoms with Crippen LogP contribution in [0.3, 0.4) is 0 Å². The van der Waals surface area contributed by atoms with E-state index in [0.717, 1.165) is 21.7 Å². The van der Waals surface area contributed by atoms with E-state index in [1.807, 2.05) is 0 Å². The third-order valence-corrected chi connectivity index (χ3v) is 4.66. The molecule has 0 aliphatic carbocycles. The number of halogens is 1. The number of benzene rings is 1. The Kier molecular flexibility index (Phi) is 5.05. The minimum absolute atomic E-state index is 0.317. The predicted molar refractivity (Wildman–Crippen MR) is 89.0 cm³/mol. The number of nitrogens with zero attached hydrogens (tertiary/aromatic N) is 2. The van der Waals surface area contributed by atoms with Crippen LogP contribution in [0.25, 0.3) is 0 Å². The summed E-state index contributed by atoms with van der Waals surface area (Å²) in [6.07, 6.45) is 0. The quantitative estimate of drug-likeness (QED) is 0.821. The molecule has 1 heterocycles. The molecule has 2 aromatic rings. The molecule has 0 saturated carbocycles. The van der Waals surface area contributed by atoms with E-state index in [1.165, 1.54) is 10.5 Å². The molecule has 0 spiro atoms. The highest BCUT2D eigenvalue weighted by molar-refractivity contribution is 9.10. The van der Waals surface area contributed by atoms with Crippen molar-refractivity contribution in [3.05, 3.63) is 45.8 Å². The van der Waals surface area contributed by atoms with Crippen LogP contribution in [0.2, 0.25) is 0 Å². The third kappa shape index (κ3) is 3.73. The Morgan fingerprint density at radius 2 is 2.05 bits per heavy atom. The summed E-state index contributed by atoms with van der Waals surface area (Å²) in [6, 6.07) is 8.42. The molecule has 1 aromatic carbocycles. The fraction of sp³-hybridized carbons (Fsp3) is 0.333. The van der Waals surface area contributed by atoms with Gasteiger partial charge in [-0.15, -0.1) is 11.8 Å². The Bertz CT molecular complexity index is 614. The van der Waals surface area contributed by atoms with Crippen molar-refractivity contribution in [2.45, 2.75) is 37.3 Å². The number of nitrogen functional groups attached to an aromatic ring is 1. The van der Waals surface area contributed by atoms with E-state index in [-0.39, 0.29) is 0 Å². The van der Waals surface area contributed by atoms with Crippen molar-refractivity contribution in [3.8, 4) is 0 Å². The average molecular weight is 352 g/mol. The number of anilines is 1. The zero-order valence-electron chi connectivity index (χ0n) is 11.9. The van der Waals surface area contributed by atoms with Crippen molar-refractivity contribution >= 4 is 33.5 Å². The van der Waals surface area contributed by atoms with Gasteiger partial charge in [-0.2, -0.15) is 0 Å². The van der Waals surface area contributed by atoms with Gasteiger partial charge in [-0.25, -0.2) is 9.97 Å². The van der Waals surface area contributed by atoms with Crippen molar-refractivity contribution in [3.63, 3.8) is 0 Å². The van der Waals surface area contributed by atoms with Crippen molar-refractivity contribution < 1.29 is 0 Å². The van der Waals surface area contributed by atoms with Crippen LogP contribution in [0.15, 0.2) is 33.6 Å². The second-order valence-electron chi connectivity index (χ2n) is 4.98. The normalized spacial score (nSPS) is 11.1. The Morgan fingerprint density at radius 1 is 1.30 bits per heavy atom. The first-order chi connectivity index (χ1) is 9.47. The zero-order chi connectivity index (χ0) is 14.7. The Balaban J connectivity index is 2.18. The van der Waals surface area contributed by atoms with Crippen LogP contribution in [-0.4, -0.2) is 9.97 Å². The van der Waals surface area contributed by atoms with Crippen molar-refractivity contribution in [2.24, 2.45) is 0 Å². The summed E-state index contributed by atoms with van der Waals surface area (Å²) >= 11 is 5.19. The van der Waals surface area contributed by atoms with Crippen LogP contribution >= 0.6 is 27.7 Å². The van der Waals surface area contributed by atoms with Gasteiger partial charge in [0.05, 0.1) is 15.9 Å². The van der Waals surface area contributed by atoms with E-state index >= 15 is 0 Å². The van der Waals surface area contributed by atoms with E-state index in [4.69, 9.17) is 5.73 Å². The van der Waals surface area contributed by atoms with Crippen molar-refractivity contribution in [1.82, 2.24) is 9.97 Å². The van der Waals surface area contributed by atoms with Gasteiger partial charge >= 0.3 is 0 Å². The van der Waals surface area contributed by atoms with Gasteiger partial charge in [0.25, 0.3) is 0 Å². The van der Waals surface area contributed by atoms with E-state index < -0.39 is 0 Å². The minimum Gasteiger partial charge on any atom is -0.383 e. The summed E-state index contributed by atoms with van der Waals surface area (Å²) in [5.41, 5.74) is 8.17. The van der Waals surface area contributed by atoms with Gasteiger partial charge in [0, 0.05) is 4.90 Å². The second kappa shape index (κ2) is 6.59. The molecular formula is C15H18BrN3S. The number of hydrogen-bond acceptors (Lipinski definition) is 4. The van der Waals surface area contributed by atoms with Crippen molar-refractivity contribution in [1.29, 1.82) is 0 Å². The Labute approximate surface area is 132 Å². The number of thioether (sulfide) groups is 1. The van der Waals surface area contributed by atoms with Crippen LogP contribution in [0, 0.1) is 6.92 Å². The number of aromatic nitrogens is 2. The maximum Gasteiger partial charge on any atom is 0.141 e. The van der Waals surface area contributed by atoms with Crippen LogP contribution in [0.4, 0.5) is 5.82 Å². The molecule has 20 heavy (non-hydrogen) atoms. The van der Waals surface area contributed by atoms with Gasteiger partial charge in [0.2, 0.25) is 0 Å². The van der Waals surface area contributed by atoms with E-state index in [9.17, 15) is 0 Å². The first-order valence-electron chi connectivity index (χ1n) is 6.48. The third-order valence-electron chi connectivity index (χ3n) is 2.85. The van der Waals surface area contributed by atoms with Crippen LogP contribution in [-0.2, 0) is 5.75 Å². The Hall–Kier alpha value is -1.07. The lowest BCUT2D eigenvalue weighted by atomic mass is 10.1. The highest BCUT2D eigenvalue weighted by atomic mass is 79.9. The summed E-state index contributed by atoms with van der Waals surface area (Å²) in [5.74, 6) is 2.34. The van der Waals surface area contributed by atoms with Crippen LogP contribution < -0.4 is 5.73 Å². The molecule has 0 saturated heterocycles. The summed E-state index contributed by atoms with van der Waals surface area (Å²) in [4.78, 5) is 10.2. The maximum atomic E-state index is 5.95. The van der Waals surface area contributed by atoms with Gasteiger partial charge in [-0.3, -0.25) is 0 Å². The number of rotatable bonds is 4. The molecule has 0 fully saturated rings. The van der Waals surface area contributed by atoms with Gasteiger partial charge < -0.3 is 5.73 Å². The second-order valence-corrected chi connectivity index (χ2v) is 6.83. The molecule has 0 radical (unpaired) electrons. The molecule has 1 aromatic heterocycles. The lowest BCUT2D eigenvalue weighted by Gasteiger charge is -2.11. The molecule has 2 rings (SSSR count). The first kappa shape index (κ1) is 15.3. The molecule has 2 N–H and O–H groups in total. The first-order valence-corrected chi connectivity index (χ1v) is 8.26. The SMILES string of the molecule is Cc1cccc(SCc2nc(N)c(Br)c(C(C)C)n2)c1. The molecule has 0 aliphatic heterocycles. The molecule has 0 aliphatic rings. The van der Waals surface area contributed by atoms with Crippen LogP contribution in [0.5, 0.6) is 0 Å². The number of hydrogen-bond donors (Lipinski definition) is 1. The summed E-state index contributed by atoms with van der Waals surface area (Å²) in [5, 5.41) is 0. The van der Waals surface area contributed by atoms with Gasteiger partial charge in [0.1, 0.15) is 11.6 Å². The molecule has 0 bridgehead atoms. The summed E-state index contributed by atoms with van der Waals surface area (Å²) < 4.78 is 0.816. The smallest absolute Gasteiger partial charge is 0.141 e. The summed E-state index contributed by atoms with van der Waals surface area (Å²) in [6.45, 7) is 6.29. The highest BCUT2D eigenvalue weighted by Gasteiger charge is 2.13. The molecule has 0 amide bonds. The van der Waals surface area contributed by atoms with Crippen LogP contribution in [0.1, 0.15) is 36.8 Å². The molecule has 106 valence electrons. The van der Waals surface area contributed by atoms with Crippen molar-refractivity contribution in [2.75, 3.05) is 5.73 Å². The lowest BCUT2D eigenvalue weighted by molar-refractivity contribution is 0.794. The van der Waals surface area contributed by atoms with E-state index in [2.05, 4.69) is 70.9 Å². The monoisotopic (exact) mass is 351 g/mol. The zero-order valence-corrected chi connectivity index (χ0v) is 14.3. The maximum absolute atomic E-state index is 5.95. The molecule has 0 unspecified atom stereocenters. The topological polar surface area (TPSA) is 51.8 Å². The average Bonchev–Trinajstić information content (AvgIpc) is 2.39. The minimum atomic E-state index is 0.317. The van der Waals surface area contributed by atoms with Gasteiger partial charge in [-0.05, 0) is 40.9 Å².